The first-order valence-electron chi connectivity index (χ1n) is 11.2. The van der Waals surface area contributed by atoms with Crippen LogP contribution in [0.4, 0.5) is 0 Å². The normalized spacial score (nSPS) is 17.3. The van der Waals surface area contributed by atoms with Gasteiger partial charge in [-0.15, -0.1) is 0 Å². The number of hydrogen-bond donors (Lipinski definition) is 5. The summed E-state index contributed by atoms with van der Waals surface area (Å²) < 4.78 is 35.8. The molecule has 0 aromatic carbocycles. The average Bonchev–Trinajstić information content (AvgIpc) is 2.64. The van der Waals surface area contributed by atoms with E-state index in [2.05, 4.69) is 18.0 Å². The summed E-state index contributed by atoms with van der Waals surface area (Å²) in [5.74, 6) is 0.648. The molecule has 0 aliphatic carbocycles. The number of aliphatic hydroxyl groups excluding tert-OH is 4. The maximum Gasteiger partial charge on any atom is 0.397 e. The van der Waals surface area contributed by atoms with Crippen molar-refractivity contribution in [2.24, 2.45) is 5.92 Å². The molecule has 0 radical (unpaired) electrons. The Morgan fingerprint density at radius 2 is 1.32 bits per heavy atom. The molecule has 186 valence electrons. The van der Waals surface area contributed by atoms with Crippen LogP contribution in [0.3, 0.4) is 0 Å². The van der Waals surface area contributed by atoms with Gasteiger partial charge in [-0.1, -0.05) is 52.4 Å². The standard InChI is InChI=1S/C21H42O9S/c1-15(2)10-6-4-5-7-13-18(24)21(26)20(30-31(27,28)29)14-19(25)17(23)12-9-8-11-16(3)22/h15,17-21,23-26H,4-14H2,1-3H3,(H,27,28,29). The van der Waals surface area contributed by atoms with E-state index in [0.29, 0.717) is 31.6 Å². The lowest BCUT2D eigenvalue weighted by Gasteiger charge is -2.28. The first-order chi connectivity index (χ1) is 14.3. The summed E-state index contributed by atoms with van der Waals surface area (Å²) in [6.07, 6.45) is -1.37. The van der Waals surface area contributed by atoms with E-state index in [1.807, 2.05) is 0 Å². The SMILES string of the molecule is CC(=O)CCCCC(O)C(O)CC(OS(=O)(=O)O)C(O)C(O)CCCCCCC(C)C. The van der Waals surface area contributed by atoms with Gasteiger partial charge in [0.05, 0.1) is 18.3 Å². The summed E-state index contributed by atoms with van der Waals surface area (Å²) in [5, 5.41) is 40.8. The maximum absolute atomic E-state index is 11.1. The molecule has 0 spiro atoms. The van der Waals surface area contributed by atoms with Crippen molar-refractivity contribution in [1.82, 2.24) is 0 Å². The summed E-state index contributed by atoms with van der Waals surface area (Å²) in [4.78, 5) is 10.9. The van der Waals surface area contributed by atoms with Gasteiger partial charge in [-0.3, -0.25) is 4.55 Å². The Kier molecular flexibility index (Phi) is 15.7. The largest absolute Gasteiger partial charge is 0.397 e. The third kappa shape index (κ3) is 16.6. The van der Waals surface area contributed by atoms with Crippen LogP contribution in [0.1, 0.15) is 91.4 Å². The van der Waals surface area contributed by atoms with Crippen molar-refractivity contribution in [3.05, 3.63) is 0 Å². The van der Waals surface area contributed by atoms with Crippen LogP contribution in [0, 0.1) is 5.92 Å². The van der Waals surface area contributed by atoms with E-state index in [1.165, 1.54) is 6.92 Å². The lowest BCUT2D eigenvalue weighted by Crippen LogP contribution is -2.44. The third-order valence-corrected chi connectivity index (χ3v) is 5.74. The summed E-state index contributed by atoms with van der Waals surface area (Å²) in [6.45, 7) is 5.75. The molecule has 5 N–H and O–H groups in total. The van der Waals surface area contributed by atoms with Crippen LogP contribution >= 0.6 is 0 Å². The third-order valence-electron chi connectivity index (χ3n) is 5.25. The van der Waals surface area contributed by atoms with Crippen LogP contribution in [0.5, 0.6) is 0 Å². The molecule has 0 aliphatic rings. The summed E-state index contributed by atoms with van der Waals surface area (Å²) in [5.41, 5.74) is 0. The second kappa shape index (κ2) is 16.1. The molecule has 10 heteroatoms. The topological polar surface area (TPSA) is 162 Å². The quantitative estimate of drug-likeness (QED) is 0.141. The zero-order valence-electron chi connectivity index (χ0n) is 19.0. The minimum absolute atomic E-state index is 0.0219. The Labute approximate surface area is 186 Å². The first kappa shape index (κ1) is 30.4. The molecule has 0 saturated carbocycles. The Morgan fingerprint density at radius 3 is 1.84 bits per heavy atom. The van der Waals surface area contributed by atoms with Crippen LogP contribution in [-0.2, 0) is 19.4 Å². The van der Waals surface area contributed by atoms with Gasteiger partial charge in [-0.2, -0.15) is 8.42 Å². The van der Waals surface area contributed by atoms with Gasteiger partial charge in [0.1, 0.15) is 18.0 Å². The fourth-order valence-corrected chi connectivity index (χ4v) is 3.89. The van der Waals surface area contributed by atoms with E-state index in [4.69, 9.17) is 4.55 Å². The number of aliphatic hydroxyl groups is 4. The van der Waals surface area contributed by atoms with Gasteiger partial charge >= 0.3 is 10.4 Å². The van der Waals surface area contributed by atoms with Crippen molar-refractivity contribution >= 4 is 16.2 Å². The molecule has 31 heavy (non-hydrogen) atoms. The van der Waals surface area contributed by atoms with Crippen molar-refractivity contribution in [2.45, 2.75) is 122 Å². The van der Waals surface area contributed by atoms with Crippen LogP contribution in [0.15, 0.2) is 0 Å². The molecule has 0 rings (SSSR count). The van der Waals surface area contributed by atoms with Crippen LogP contribution in [0.25, 0.3) is 0 Å². The number of ketones is 1. The number of carbonyl (C=O) groups is 1. The smallest absolute Gasteiger partial charge is 0.390 e. The molecule has 9 nitrogen and oxygen atoms in total. The number of carbonyl (C=O) groups excluding carboxylic acids is 1. The van der Waals surface area contributed by atoms with E-state index in [1.54, 1.807) is 0 Å². The fourth-order valence-electron chi connectivity index (χ4n) is 3.38. The molecule has 0 amide bonds. The maximum atomic E-state index is 11.1. The van der Waals surface area contributed by atoms with Gasteiger partial charge in [-0.05, 0) is 32.1 Å². The summed E-state index contributed by atoms with van der Waals surface area (Å²) >= 11 is 0. The van der Waals surface area contributed by atoms with E-state index in [0.717, 1.165) is 25.7 Å². The first-order valence-corrected chi connectivity index (χ1v) is 12.6. The van der Waals surface area contributed by atoms with Crippen molar-refractivity contribution in [1.29, 1.82) is 0 Å². The van der Waals surface area contributed by atoms with Gasteiger partial charge < -0.3 is 25.2 Å². The Morgan fingerprint density at radius 1 is 0.806 bits per heavy atom. The molecule has 0 aromatic rings. The predicted molar refractivity (Wildman–Crippen MR) is 117 cm³/mol. The Balaban J connectivity index is 4.65. The molecule has 0 heterocycles. The van der Waals surface area contributed by atoms with Gasteiger partial charge in [0, 0.05) is 12.8 Å². The van der Waals surface area contributed by atoms with Gasteiger partial charge in [0.15, 0.2) is 0 Å². The molecule has 0 saturated heterocycles. The van der Waals surface area contributed by atoms with E-state index in [-0.39, 0.29) is 18.6 Å². The van der Waals surface area contributed by atoms with E-state index in [9.17, 15) is 33.6 Å². The minimum Gasteiger partial charge on any atom is -0.390 e. The van der Waals surface area contributed by atoms with Crippen molar-refractivity contribution < 1.29 is 42.4 Å². The van der Waals surface area contributed by atoms with Crippen molar-refractivity contribution in [2.75, 3.05) is 0 Å². The predicted octanol–water partition coefficient (Wildman–Crippen LogP) is 2.15. The Bertz CT molecular complexity index is 579. The molecule has 0 bridgehead atoms. The highest BCUT2D eigenvalue weighted by Gasteiger charge is 2.34. The molecule has 0 aromatic heterocycles. The summed E-state index contributed by atoms with van der Waals surface area (Å²) in [6, 6.07) is 0. The highest BCUT2D eigenvalue weighted by atomic mass is 32.3. The zero-order valence-corrected chi connectivity index (χ0v) is 19.8. The monoisotopic (exact) mass is 470 g/mol. The number of rotatable bonds is 19. The summed E-state index contributed by atoms with van der Waals surface area (Å²) in [7, 11) is -4.95. The number of unbranched alkanes of at least 4 members (excludes halogenated alkanes) is 4. The lowest BCUT2D eigenvalue weighted by molar-refractivity contribution is -0.117. The van der Waals surface area contributed by atoms with Gasteiger partial charge in [-0.25, -0.2) is 4.18 Å². The Hall–Kier alpha value is -0.620. The fraction of sp³-hybridized carbons (Fsp3) is 0.952. The second-order valence-electron chi connectivity index (χ2n) is 8.82. The highest BCUT2D eigenvalue weighted by Crippen LogP contribution is 2.20. The number of hydrogen-bond acceptors (Lipinski definition) is 8. The van der Waals surface area contributed by atoms with Crippen molar-refractivity contribution in [3.63, 3.8) is 0 Å². The van der Waals surface area contributed by atoms with Gasteiger partial charge in [0.2, 0.25) is 0 Å². The van der Waals surface area contributed by atoms with E-state index >= 15 is 0 Å². The molecule has 5 atom stereocenters. The molecule has 0 fully saturated rings. The highest BCUT2D eigenvalue weighted by molar-refractivity contribution is 7.80. The van der Waals surface area contributed by atoms with Crippen LogP contribution in [-0.4, -0.2) is 69.7 Å². The number of Topliss-reactive ketones (excluding diaryl/α,β-unsaturated/α-hetero) is 1. The molecular weight excluding hydrogens is 428 g/mol. The minimum atomic E-state index is -4.95. The lowest BCUT2D eigenvalue weighted by atomic mass is 9.94. The zero-order chi connectivity index (χ0) is 24.0. The average molecular weight is 471 g/mol. The van der Waals surface area contributed by atoms with Crippen LogP contribution < -0.4 is 0 Å². The molecule has 5 unspecified atom stereocenters. The molecular formula is C21H42O9S. The molecule has 0 aliphatic heterocycles. The van der Waals surface area contributed by atoms with Crippen LogP contribution in [0.2, 0.25) is 0 Å². The van der Waals surface area contributed by atoms with E-state index < -0.39 is 47.3 Å². The van der Waals surface area contributed by atoms with Crippen molar-refractivity contribution in [3.8, 4) is 0 Å². The second-order valence-corrected chi connectivity index (χ2v) is 9.87. The van der Waals surface area contributed by atoms with Gasteiger partial charge in [0.25, 0.3) is 0 Å².